The van der Waals surface area contributed by atoms with Gasteiger partial charge in [-0.05, 0) is 30.2 Å². The number of carboxylic acids is 1. The molecule has 1 aromatic heterocycles. The number of carboxylic acid groups (broad SMARTS) is 1. The van der Waals surface area contributed by atoms with Gasteiger partial charge in [-0.2, -0.15) is 0 Å². The first-order valence-electron chi connectivity index (χ1n) is 8.06. The number of anilines is 1. The molecule has 0 aliphatic carbocycles. The van der Waals surface area contributed by atoms with E-state index >= 15 is 0 Å². The summed E-state index contributed by atoms with van der Waals surface area (Å²) in [6, 6.07) is 7.61. The maximum Gasteiger partial charge on any atom is 0.371 e. The van der Waals surface area contributed by atoms with Crippen molar-refractivity contribution < 1.29 is 23.8 Å². The van der Waals surface area contributed by atoms with E-state index in [2.05, 4.69) is 10.6 Å². The van der Waals surface area contributed by atoms with Gasteiger partial charge in [0.2, 0.25) is 5.76 Å². The summed E-state index contributed by atoms with van der Waals surface area (Å²) in [5.41, 5.74) is 1.57. The largest absolute Gasteiger partial charge is 0.497 e. The molecule has 0 saturated carbocycles. The molecule has 8 nitrogen and oxygen atoms in total. The third-order valence-corrected chi connectivity index (χ3v) is 4.22. The summed E-state index contributed by atoms with van der Waals surface area (Å²) in [4.78, 5) is 34.5. The summed E-state index contributed by atoms with van der Waals surface area (Å²) in [7, 11) is 1.61. The molecule has 0 spiro atoms. The number of hydrogen-bond donors (Lipinski definition) is 3. The Morgan fingerprint density at radius 2 is 2.08 bits per heavy atom. The molecule has 3 rings (SSSR count). The average Bonchev–Trinajstić information content (AvgIpc) is 3.03. The number of aromatic carboxylic acids is 1. The Morgan fingerprint density at radius 3 is 2.81 bits per heavy atom. The zero-order valence-electron chi connectivity index (χ0n) is 14.1. The normalized spacial score (nSPS) is 15.0. The summed E-state index contributed by atoms with van der Waals surface area (Å²) < 4.78 is 10.2. The smallest absolute Gasteiger partial charge is 0.371 e. The third kappa shape index (κ3) is 3.69. The van der Waals surface area contributed by atoms with Gasteiger partial charge in [0, 0.05) is 36.8 Å². The van der Waals surface area contributed by atoms with Gasteiger partial charge in [-0.25, -0.2) is 4.79 Å². The first-order valence-corrected chi connectivity index (χ1v) is 8.06. The van der Waals surface area contributed by atoms with Crippen molar-refractivity contribution in [1.82, 2.24) is 5.32 Å². The van der Waals surface area contributed by atoms with Crippen molar-refractivity contribution in [2.75, 3.05) is 25.5 Å². The minimum Gasteiger partial charge on any atom is -0.497 e. The molecule has 1 aliphatic heterocycles. The van der Waals surface area contributed by atoms with Crippen LogP contribution in [-0.4, -0.2) is 37.2 Å². The van der Waals surface area contributed by atoms with Gasteiger partial charge in [-0.3, -0.25) is 9.59 Å². The number of methoxy groups -OCH3 is 1. The minimum atomic E-state index is -1.40. The van der Waals surface area contributed by atoms with E-state index in [1.807, 2.05) is 18.2 Å². The summed E-state index contributed by atoms with van der Waals surface area (Å²) >= 11 is 0. The molecular formula is C18H18N2O6. The van der Waals surface area contributed by atoms with E-state index in [-0.39, 0.29) is 11.7 Å². The fraction of sp³-hybridized carbons (Fsp3) is 0.278. The van der Waals surface area contributed by atoms with Gasteiger partial charge >= 0.3 is 5.97 Å². The van der Waals surface area contributed by atoms with Crippen molar-refractivity contribution in [3.63, 3.8) is 0 Å². The number of rotatable bonds is 6. The molecule has 0 saturated heterocycles. The second-order valence-electron chi connectivity index (χ2n) is 5.90. The van der Waals surface area contributed by atoms with Crippen LogP contribution in [0, 0.1) is 0 Å². The zero-order chi connectivity index (χ0) is 18.7. The van der Waals surface area contributed by atoms with Crippen molar-refractivity contribution in [3.8, 4) is 5.75 Å². The predicted molar refractivity (Wildman–Crippen MR) is 93.1 cm³/mol. The molecule has 26 heavy (non-hydrogen) atoms. The van der Waals surface area contributed by atoms with Crippen LogP contribution in [0.5, 0.6) is 5.75 Å². The lowest BCUT2D eigenvalue weighted by atomic mass is 9.97. The third-order valence-electron chi connectivity index (χ3n) is 4.22. The highest BCUT2D eigenvalue weighted by Gasteiger charge is 2.23. The Morgan fingerprint density at radius 1 is 1.31 bits per heavy atom. The zero-order valence-corrected chi connectivity index (χ0v) is 14.1. The highest BCUT2D eigenvalue weighted by molar-refractivity contribution is 5.92. The SMILES string of the molecule is COc1ccc2c(c1)C(CCNC(=O)c1cc(=O)cc(C(=O)O)o1)CN2. The van der Waals surface area contributed by atoms with E-state index < -0.39 is 23.1 Å². The summed E-state index contributed by atoms with van der Waals surface area (Å²) in [5, 5.41) is 14.8. The number of nitrogens with one attached hydrogen (secondary N) is 2. The predicted octanol–water partition coefficient (Wildman–Crippen LogP) is 1.68. The van der Waals surface area contributed by atoms with Crippen LogP contribution in [0.1, 0.15) is 39.0 Å². The van der Waals surface area contributed by atoms with Gasteiger partial charge in [0.05, 0.1) is 7.11 Å². The first-order chi connectivity index (χ1) is 12.5. The van der Waals surface area contributed by atoms with Crippen LogP contribution in [0.25, 0.3) is 0 Å². The maximum absolute atomic E-state index is 12.1. The highest BCUT2D eigenvalue weighted by Crippen LogP contribution is 2.35. The van der Waals surface area contributed by atoms with Crippen LogP contribution in [-0.2, 0) is 0 Å². The number of hydrogen-bond acceptors (Lipinski definition) is 6. The summed E-state index contributed by atoms with van der Waals surface area (Å²) in [6.45, 7) is 1.10. The molecule has 1 aliphatic rings. The van der Waals surface area contributed by atoms with E-state index in [1.54, 1.807) is 7.11 Å². The number of amides is 1. The molecule has 136 valence electrons. The van der Waals surface area contributed by atoms with E-state index in [1.165, 1.54) is 0 Å². The molecule has 0 bridgehead atoms. The molecule has 0 radical (unpaired) electrons. The topological polar surface area (TPSA) is 118 Å². The first kappa shape index (κ1) is 17.5. The standard InChI is InChI=1S/C18H18N2O6/c1-25-12-2-3-14-13(8-12)10(9-20-14)4-5-19-17(22)15-6-11(21)7-16(26-15)18(23)24/h2-3,6-8,10,20H,4-5,9H2,1H3,(H,19,22)(H,23,24). The van der Waals surface area contributed by atoms with Crippen molar-refractivity contribution in [3.05, 3.63) is 57.6 Å². The summed E-state index contributed by atoms with van der Waals surface area (Å²) in [6.07, 6.45) is 0.668. The number of carbonyl (C=O) groups excluding carboxylic acids is 1. The molecule has 2 heterocycles. The monoisotopic (exact) mass is 358 g/mol. The molecule has 1 atom stereocenters. The minimum absolute atomic E-state index is 0.206. The van der Waals surface area contributed by atoms with E-state index in [0.29, 0.717) is 13.0 Å². The Kier molecular flexibility index (Phi) is 4.92. The van der Waals surface area contributed by atoms with Crippen molar-refractivity contribution in [1.29, 1.82) is 0 Å². The van der Waals surface area contributed by atoms with Crippen molar-refractivity contribution >= 4 is 17.6 Å². The molecule has 0 fully saturated rings. The van der Waals surface area contributed by atoms with Gasteiger partial charge in [0.25, 0.3) is 5.91 Å². The van der Waals surface area contributed by atoms with E-state index in [0.717, 1.165) is 35.7 Å². The van der Waals surface area contributed by atoms with Gasteiger partial charge < -0.3 is 24.9 Å². The van der Waals surface area contributed by atoms with Crippen molar-refractivity contribution in [2.45, 2.75) is 12.3 Å². The van der Waals surface area contributed by atoms with Gasteiger partial charge in [-0.15, -0.1) is 0 Å². The molecule has 1 amide bonds. The lowest BCUT2D eigenvalue weighted by Gasteiger charge is -2.12. The molecule has 3 N–H and O–H groups in total. The number of fused-ring (bicyclic) bond motifs is 1. The average molecular weight is 358 g/mol. The second-order valence-corrected chi connectivity index (χ2v) is 5.90. The quantitative estimate of drug-likeness (QED) is 0.719. The molecule has 1 unspecified atom stereocenters. The van der Waals surface area contributed by atoms with Crippen LogP contribution in [0.2, 0.25) is 0 Å². The fourth-order valence-corrected chi connectivity index (χ4v) is 2.91. The fourth-order valence-electron chi connectivity index (χ4n) is 2.91. The van der Waals surface area contributed by atoms with Crippen LogP contribution in [0.3, 0.4) is 0 Å². The Balaban J connectivity index is 1.62. The van der Waals surface area contributed by atoms with Crippen molar-refractivity contribution in [2.24, 2.45) is 0 Å². The Labute approximate surface area is 148 Å². The highest BCUT2D eigenvalue weighted by atomic mass is 16.5. The molecule has 2 aromatic rings. The van der Waals surface area contributed by atoms with E-state index in [4.69, 9.17) is 14.3 Å². The van der Waals surface area contributed by atoms with Crippen LogP contribution in [0.15, 0.2) is 39.5 Å². The Hall–Kier alpha value is -3.29. The maximum atomic E-state index is 12.1. The summed E-state index contributed by atoms with van der Waals surface area (Å²) in [5.74, 6) is -1.93. The molecular weight excluding hydrogens is 340 g/mol. The molecule has 1 aromatic carbocycles. The van der Waals surface area contributed by atoms with Crippen LogP contribution >= 0.6 is 0 Å². The number of benzene rings is 1. The van der Waals surface area contributed by atoms with Crippen LogP contribution in [0.4, 0.5) is 5.69 Å². The van der Waals surface area contributed by atoms with Gasteiger partial charge in [-0.1, -0.05) is 0 Å². The lowest BCUT2D eigenvalue weighted by Crippen LogP contribution is -2.27. The number of carbonyl (C=O) groups is 2. The second kappa shape index (κ2) is 7.30. The van der Waals surface area contributed by atoms with E-state index in [9.17, 15) is 14.4 Å². The van der Waals surface area contributed by atoms with Gasteiger partial charge in [0.15, 0.2) is 11.2 Å². The number of ether oxygens (including phenoxy) is 1. The Bertz CT molecular complexity index is 905. The van der Waals surface area contributed by atoms with Gasteiger partial charge in [0.1, 0.15) is 5.75 Å². The molecule has 8 heteroatoms. The van der Waals surface area contributed by atoms with Crippen LogP contribution < -0.4 is 20.8 Å². The lowest BCUT2D eigenvalue weighted by molar-refractivity contribution is 0.0655.